The second-order valence-corrected chi connectivity index (χ2v) is 6.83. The molecule has 9 heteroatoms. The van der Waals surface area contributed by atoms with Gasteiger partial charge >= 0.3 is 0 Å². The number of ether oxygens (including phenoxy) is 1. The molecule has 0 aromatic heterocycles. The fourth-order valence-corrected chi connectivity index (χ4v) is 3.38. The van der Waals surface area contributed by atoms with Crippen LogP contribution in [0.3, 0.4) is 0 Å². The number of benzene rings is 1. The highest BCUT2D eigenvalue weighted by atomic mass is 35.5. The molecule has 0 N–H and O–H groups in total. The van der Waals surface area contributed by atoms with Gasteiger partial charge in [0.25, 0.3) is 5.91 Å². The van der Waals surface area contributed by atoms with Crippen molar-refractivity contribution in [2.45, 2.75) is 12.8 Å². The second-order valence-electron chi connectivity index (χ2n) is 6.39. The fraction of sp³-hybridized carbons (Fsp3) is 0.444. The SMILES string of the molecule is COc1ccc(Cl)cc1C(=O)N1CCN(C(=O)CN2C(=O)CCC2=O)CC1. The van der Waals surface area contributed by atoms with Crippen molar-refractivity contribution in [2.75, 3.05) is 39.8 Å². The summed E-state index contributed by atoms with van der Waals surface area (Å²) in [6, 6.07) is 4.85. The maximum absolute atomic E-state index is 12.8. The lowest BCUT2D eigenvalue weighted by Crippen LogP contribution is -2.53. The van der Waals surface area contributed by atoms with Crippen LogP contribution in [0.4, 0.5) is 0 Å². The first kappa shape index (κ1) is 19.2. The second kappa shape index (κ2) is 7.96. The number of piperazine rings is 1. The van der Waals surface area contributed by atoms with Crippen molar-refractivity contribution in [1.82, 2.24) is 14.7 Å². The minimum atomic E-state index is -0.310. The van der Waals surface area contributed by atoms with Gasteiger partial charge in [0.05, 0.1) is 12.7 Å². The minimum Gasteiger partial charge on any atom is -0.496 e. The molecule has 4 amide bonds. The van der Waals surface area contributed by atoms with Crippen molar-refractivity contribution >= 4 is 35.2 Å². The van der Waals surface area contributed by atoms with Crippen LogP contribution in [0, 0.1) is 0 Å². The van der Waals surface area contributed by atoms with E-state index in [0.717, 1.165) is 4.90 Å². The van der Waals surface area contributed by atoms with Crippen LogP contribution >= 0.6 is 11.6 Å². The number of amides is 4. The number of rotatable bonds is 4. The Morgan fingerprint density at radius 3 is 2.22 bits per heavy atom. The van der Waals surface area contributed by atoms with E-state index in [9.17, 15) is 19.2 Å². The van der Waals surface area contributed by atoms with Gasteiger partial charge in [-0.3, -0.25) is 24.1 Å². The quantitative estimate of drug-likeness (QED) is 0.705. The predicted molar refractivity (Wildman–Crippen MR) is 96.4 cm³/mol. The molecule has 2 saturated heterocycles. The number of hydrogen-bond donors (Lipinski definition) is 0. The molecule has 0 spiro atoms. The smallest absolute Gasteiger partial charge is 0.257 e. The van der Waals surface area contributed by atoms with Crippen LogP contribution in [-0.4, -0.2) is 78.2 Å². The number of halogens is 1. The van der Waals surface area contributed by atoms with E-state index in [1.807, 2.05) is 0 Å². The van der Waals surface area contributed by atoms with E-state index in [2.05, 4.69) is 0 Å². The number of carbonyl (C=O) groups excluding carboxylic acids is 4. The zero-order chi connectivity index (χ0) is 19.6. The van der Waals surface area contributed by atoms with E-state index in [1.165, 1.54) is 7.11 Å². The molecule has 2 fully saturated rings. The van der Waals surface area contributed by atoms with E-state index in [-0.39, 0.29) is 43.0 Å². The summed E-state index contributed by atoms with van der Waals surface area (Å²) in [5.74, 6) is -0.684. The Morgan fingerprint density at radius 1 is 1.04 bits per heavy atom. The van der Waals surface area contributed by atoms with Gasteiger partial charge in [-0.05, 0) is 18.2 Å². The van der Waals surface area contributed by atoms with E-state index in [0.29, 0.717) is 42.5 Å². The third kappa shape index (κ3) is 4.05. The Morgan fingerprint density at radius 2 is 1.63 bits per heavy atom. The Balaban J connectivity index is 1.59. The number of imide groups is 1. The van der Waals surface area contributed by atoms with E-state index in [4.69, 9.17) is 16.3 Å². The number of methoxy groups -OCH3 is 1. The summed E-state index contributed by atoms with van der Waals surface area (Å²) in [6.45, 7) is 1.14. The molecule has 144 valence electrons. The fourth-order valence-electron chi connectivity index (χ4n) is 3.21. The molecule has 27 heavy (non-hydrogen) atoms. The first-order valence-electron chi connectivity index (χ1n) is 8.64. The zero-order valence-corrected chi connectivity index (χ0v) is 15.7. The van der Waals surface area contributed by atoms with Crippen molar-refractivity contribution in [3.8, 4) is 5.75 Å². The normalized spacial score (nSPS) is 17.5. The molecular formula is C18H20ClN3O5. The van der Waals surface area contributed by atoms with E-state index < -0.39 is 0 Å². The molecule has 1 aromatic rings. The number of hydrogen-bond acceptors (Lipinski definition) is 5. The summed E-state index contributed by atoms with van der Waals surface area (Å²) in [5.41, 5.74) is 0.373. The van der Waals surface area contributed by atoms with Gasteiger partial charge in [-0.15, -0.1) is 0 Å². The largest absolute Gasteiger partial charge is 0.496 e. The van der Waals surface area contributed by atoms with Crippen LogP contribution in [0.2, 0.25) is 5.02 Å². The van der Waals surface area contributed by atoms with Gasteiger partial charge in [-0.2, -0.15) is 0 Å². The summed E-state index contributed by atoms with van der Waals surface area (Å²) < 4.78 is 5.23. The maximum atomic E-state index is 12.8. The molecule has 1 aromatic carbocycles. The summed E-state index contributed by atoms with van der Waals surface area (Å²) >= 11 is 5.99. The van der Waals surface area contributed by atoms with Gasteiger partial charge in [0, 0.05) is 44.0 Å². The Hall–Kier alpha value is -2.61. The minimum absolute atomic E-state index is 0.163. The van der Waals surface area contributed by atoms with Crippen molar-refractivity contribution in [3.63, 3.8) is 0 Å². The molecule has 0 saturated carbocycles. The third-order valence-electron chi connectivity index (χ3n) is 4.76. The van der Waals surface area contributed by atoms with Gasteiger partial charge in [0.15, 0.2) is 0 Å². The first-order valence-corrected chi connectivity index (χ1v) is 9.02. The molecule has 0 aliphatic carbocycles. The molecule has 8 nitrogen and oxygen atoms in total. The molecule has 0 atom stereocenters. The van der Waals surface area contributed by atoms with Crippen molar-refractivity contribution in [3.05, 3.63) is 28.8 Å². The Labute approximate surface area is 161 Å². The number of likely N-dealkylation sites (tertiary alicyclic amines) is 1. The predicted octanol–water partition coefficient (Wildman–Crippen LogP) is 0.782. The zero-order valence-electron chi connectivity index (χ0n) is 14.9. The molecule has 2 heterocycles. The highest BCUT2D eigenvalue weighted by molar-refractivity contribution is 6.31. The van der Waals surface area contributed by atoms with Crippen LogP contribution in [0.1, 0.15) is 23.2 Å². The molecule has 0 unspecified atom stereocenters. The summed E-state index contributed by atoms with van der Waals surface area (Å²) in [7, 11) is 1.48. The van der Waals surface area contributed by atoms with Gasteiger partial charge in [0.2, 0.25) is 17.7 Å². The monoisotopic (exact) mass is 393 g/mol. The average molecular weight is 394 g/mol. The van der Waals surface area contributed by atoms with Gasteiger partial charge < -0.3 is 14.5 Å². The number of nitrogens with zero attached hydrogens (tertiary/aromatic N) is 3. The standard InChI is InChI=1S/C18H20ClN3O5/c1-27-14-3-2-12(19)10-13(14)18(26)21-8-6-20(7-9-21)17(25)11-22-15(23)4-5-16(22)24/h2-3,10H,4-9,11H2,1H3. The number of carbonyl (C=O) groups is 4. The van der Waals surface area contributed by atoms with E-state index in [1.54, 1.807) is 28.0 Å². The topological polar surface area (TPSA) is 87.2 Å². The first-order chi connectivity index (χ1) is 12.9. The average Bonchev–Trinajstić information content (AvgIpc) is 2.99. The van der Waals surface area contributed by atoms with Crippen LogP contribution in [0.15, 0.2) is 18.2 Å². The molecule has 2 aliphatic rings. The van der Waals surface area contributed by atoms with Crippen molar-refractivity contribution in [1.29, 1.82) is 0 Å². The molecule has 0 bridgehead atoms. The molecule has 0 radical (unpaired) electrons. The van der Waals surface area contributed by atoms with Gasteiger partial charge in [-0.1, -0.05) is 11.6 Å². The summed E-state index contributed by atoms with van der Waals surface area (Å²) in [5, 5.41) is 0.438. The lowest BCUT2D eigenvalue weighted by molar-refractivity contribution is -0.146. The lowest BCUT2D eigenvalue weighted by atomic mass is 10.1. The third-order valence-corrected chi connectivity index (χ3v) is 4.99. The summed E-state index contributed by atoms with van der Waals surface area (Å²) in [6.07, 6.45) is 0.325. The van der Waals surface area contributed by atoms with Crippen molar-refractivity contribution in [2.24, 2.45) is 0 Å². The van der Waals surface area contributed by atoms with Gasteiger partial charge in [0.1, 0.15) is 12.3 Å². The van der Waals surface area contributed by atoms with Crippen LogP contribution in [-0.2, 0) is 14.4 Å². The van der Waals surface area contributed by atoms with Crippen LogP contribution in [0.25, 0.3) is 0 Å². The highest BCUT2D eigenvalue weighted by Crippen LogP contribution is 2.24. The Kier molecular flexibility index (Phi) is 5.65. The molecular weight excluding hydrogens is 374 g/mol. The van der Waals surface area contributed by atoms with Gasteiger partial charge in [-0.25, -0.2) is 0 Å². The molecule has 2 aliphatic heterocycles. The highest BCUT2D eigenvalue weighted by Gasteiger charge is 2.33. The summed E-state index contributed by atoms with van der Waals surface area (Å²) in [4.78, 5) is 52.6. The van der Waals surface area contributed by atoms with E-state index >= 15 is 0 Å². The van der Waals surface area contributed by atoms with Crippen LogP contribution in [0.5, 0.6) is 5.75 Å². The Bertz CT molecular complexity index is 773. The molecule has 3 rings (SSSR count). The lowest BCUT2D eigenvalue weighted by Gasteiger charge is -2.35. The van der Waals surface area contributed by atoms with Crippen molar-refractivity contribution < 1.29 is 23.9 Å². The van der Waals surface area contributed by atoms with Crippen LogP contribution < -0.4 is 4.74 Å². The maximum Gasteiger partial charge on any atom is 0.257 e.